The van der Waals surface area contributed by atoms with Crippen LogP contribution in [0.25, 0.3) is 6.08 Å². The van der Waals surface area contributed by atoms with Crippen molar-refractivity contribution < 1.29 is 14.3 Å². The molecule has 1 amide bonds. The molecule has 0 radical (unpaired) electrons. The van der Waals surface area contributed by atoms with E-state index in [1.807, 2.05) is 18.2 Å². The Morgan fingerprint density at radius 2 is 1.91 bits per heavy atom. The summed E-state index contributed by atoms with van der Waals surface area (Å²) in [5.41, 5.74) is 0.930. The quantitative estimate of drug-likeness (QED) is 0.556. The molecule has 0 bridgehead atoms. The molecule has 0 aromatic heterocycles. The maximum absolute atomic E-state index is 11.7. The van der Waals surface area contributed by atoms with Crippen LogP contribution in [0.1, 0.15) is 51.0 Å². The highest BCUT2D eigenvalue weighted by Gasteiger charge is 2.12. The summed E-state index contributed by atoms with van der Waals surface area (Å²) in [4.78, 5) is 11.7. The highest BCUT2D eigenvalue weighted by atomic mass is 16.7. The zero-order chi connectivity index (χ0) is 15.6. The van der Waals surface area contributed by atoms with E-state index in [4.69, 9.17) is 9.47 Å². The summed E-state index contributed by atoms with van der Waals surface area (Å²) in [5, 5.41) is 2.91. The molecule has 0 fully saturated rings. The van der Waals surface area contributed by atoms with Gasteiger partial charge >= 0.3 is 0 Å². The van der Waals surface area contributed by atoms with Crippen LogP contribution in [0.3, 0.4) is 0 Å². The number of hydrogen-bond acceptors (Lipinski definition) is 3. The lowest BCUT2D eigenvalue weighted by atomic mass is 10.1. The summed E-state index contributed by atoms with van der Waals surface area (Å²) in [7, 11) is 0. The number of nitrogens with one attached hydrogen (secondary N) is 1. The maximum atomic E-state index is 11.7. The molecule has 1 aliphatic heterocycles. The van der Waals surface area contributed by atoms with Crippen LogP contribution in [-0.4, -0.2) is 19.2 Å². The normalized spacial score (nSPS) is 12.8. The first-order chi connectivity index (χ1) is 10.8. The van der Waals surface area contributed by atoms with Gasteiger partial charge in [-0.25, -0.2) is 0 Å². The summed E-state index contributed by atoms with van der Waals surface area (Å²) in [6.45, 7) is 3.23. The molecular formula is C18H25NO3. The first-order valence-electron chi connectivity index (χ1n) is 8.15. The highest BCUT2D eigenvalue weighted by molar-refractivity contribution is 5.91. The fourth-order valence-electron chi connectivity index (χ4n) is 2.36. The second-order valence-electron chi connectivity index (χ2n) is 5.50. The third-order valence-corrected chi connectivity index (χ3v) is 3.65. The standard InChI is InChI=1S/C18H25NO3/c1-2-3-4-5-6-7-12-19-18(20)11-9-15-8-10-16-17(13-15)22-14-21-16/h8-11,13H,2-7,12,14H2,1H3,(H,19,20)/b11-9+. The van der Waals surface area contributed by atoms with Gasteiger partial charge in [-0.1, -0.05) is 45.1 Å². The molecule has 0 aliphatic carbocycles. The molecule has 1 aliphatic rings. The number of unbranched alkanes of at least 4 members (excludes halogenated alkanes) is 5. The van der Waals surface area contributed by atoms with Crippen molar-refractivity contribution in [2.24, 2.45) is 0 Å². The van der Waals surface area contributed by atoms with Gasteiger partial charge in [0, 0.05) is 12.6 Å². The lowest BCUT2D eigenvalue weighted by molar-refractivity contribution is -0.116. The van der Waals surface area contributed by atoms with Crippen molar-refractivity contribution >= 4 is 12.0 Å². The van der Waals surface area contributed by atoms with Gasteiger partial charge in [0.15, 0.2) is 11.5 Å². The van der Waals surface area contributed by atoms with Crippen molar-refractivity contribution in [3.8, 4) is 11.5 Å². The second-order valence-corrected chi connectivity index (χ2v) is 5.50. The highest BCUT2D eigenvalue weighted by Crippen LogP contribution is 2.32. The van der Waals surface area contributed by atoms with Gasteiger partial charge in [0.2, 0.25) is 12.7 Å². The minimum Gasteiger partial charge on any atom is -0.454 e. The molecule has 2 rings (SSSR count). The number of carbonyl (C=O) groups is 1. The number of fused-ring (bicyclic) bond motifs is 1. The van der Waals surface area contributed by atoms with E-state index in [9.17, 15) is 4.79 Å². The molecule has 1 aromatic rings. The number of ether oxygens (including phenoxy) is 2. The zero-order valence-corrected chi connectivity index (χ0v) is 13.3. The molecular weight excluding hydrogens is 278 g/mol. The summed E-state index contributed by atoms with van der Waals surface area (Å²) >= 11 is 0. The fraction of sp³-hybridized carbons (Fsp3) is 0.500. The second kappa shape index (κ2) is 9.13. The molecule has 4 nitrogen and oxygen atoms in total. The van der Waals surface area contributed by atoms with Crippen LogP contribution in [0.15, 0.2) is 24.3 Å². The minimum absolute atomic E-state index is 0.0498. The molecule has 0 unspecified atom stereocenters. The third-order valence-electron chi connectivity index (χ3n) is 3.65. The molecule has 22 heavy (non-hydrogen) atoms. The van der Waals surface area contributed by atoms with Gasteiger partial charge in [-0.15, -0.1) is 0 Å². The topological polar surface area (TPSA) is 47.6 Å². The van der Waals surface area contributed by atoms with Crippen molar-refractivity contribution in [2.45, 2.75) is 45.4 Å². The third kappa shape index (κ3) is 5.43. The van der Waals surface area contributed by atoms with E-state index in [-0.39, 0.29) is 12.7 Å². The van der Waals surface area contributed by atoms with E-state index >= 15 is 0 Å². The van der Waals surface area contributed by atoms with E-state index in [1.54, 1.807) is 12.2 Å². The van der Waals surface area contributed by atoms with Crippen molar-refractivity contribution in [1.29, 1.82) is 0 Å². The molecule has 0 saturated heterocycles. The Morgan fingerprint density at radius 3 is 2.77 bits per heavy atom. The monoisotopic (exact) mass is 303 g/mol. The SMILES string of the molecule is CCCCCCCCNC(=O)/C=C/c1ccc2c(c1)OCO2. The van der Waals surface area contributed by atoms with E-state index in [2.05, 4.69) is 12.2 Å². The Morgan fingerprint density at radius 1 is 1.14 bits per heavy atom. The summed E-state index contributed by atoms with van der Waals surface area (Å²) in [6, 6.07) is 5.64. The fourth-order valence-corrected chi connectivity index (χ4v) is 2.36. The van der Waals surface area contributed by atoms with Crippen LogP contribution in [0.4, 0.5) is 0 Å². The Kier molecular flexibility index (Phi) is 6.81. The molecule has 1 heterocycles. The van der Waals surface area contributed by atoms with Crippen LogP contribution in [-0.2, 0) is 4.79 Å². The molecule has 120 valence electrons. The summed E-state index contributed by atoms with van der Waals surface area (Å²) in [5.74, 6) is 1.44. The number of rotatable bonds is 9. The Labute approximate surface area is 132 Å². The average Bonchev–Trinajstić information content (AvgIpc) is 2.99. The van der Waals surface area contributed by atoms with E-state index < -0.39 is 0 Å². The van der Waals surface area contributed by atoms with Crippen molar-refractivity contribution in [3.05, 3.63) is 29.8 Å². The number of hydrogen-bond donors (Lipinski definition) is 1. The van der Waals surface area contributed by atoms with Gasteiger partial charge in [0.25, 0.3) is 0 Å². The van der Waals surface area contributed by atoms with Crippen molar-refractivity contribution in [1.82, 2.24) is 5.32 Å². The van der Waals surface area contributed by atoms with Gasteiger partial charge in [-0.2, -0.15) is 0 Å². The van der Waals surface area contributed by atoms with Crippen LogP contribution in [0.2, 0.25) is 0 Å². The van der Waals surface area contributed by atoms with Gasteiger partial charge in [-0.05, 0) is 30.2 Å². The number of benzene rings is 1. The molecule has 0 atom stereocenters. The molecule has 1 N–H and O–H groups in total. The van der Waals surface area contributed by atoms with Crippen molar-refractivity contribution in [3.63, 3.8) is 0 Å². The molecule has 0 saturated carbocycles. The zero-order valence-electron chi connectivity index (χ0n) is 13.3. The summed E-state index contributed by atoms with van der Waals surface area (Å²) in [6.07, 6.45) is 10.7. The van der Waals surface area contributed by atoms with Gasteiger partial charge in [0.1, 0.15) is 0 Å². The van der Waals surface area contributed by atoms with Crippen LogP contribution >= 0.6 is 0 Å². The largest absolute Gasteiger partial charge is 0.454 e. The number of amides is 1. The Balaban J connectivity index is 1.64. The van der Waals surface area contributed by atoms with Gasteiger partial charge in [-0.3, -0.25) is 4.79 Å². The van der Waals surface area contributed by atoms with Crippen molar-refractivity contribution in [2.75, 3.05) is 13.3 Å². The van der Waals surface area contributed by atoms with Crippen LogP contribution in [0.5, 0.6) is 11.5 Å². The predicted molar refractivity (Wildman–Crippen MR) is 88.0 cm³/mol. The van der Waals surface area contributed by atoms with E-state index in [0.29, 0.717) is 0 Å². The van der Waals surface area contributed by atoms with E-state index in [1.165, 1.54) is 32.1 Å². The average molecular weight is 303 g/mol. The van der Waals surface area contributed by atoms with Crippen LogP contribution < -0.4 is 14.8 Å². The lowest BCUT2D eigenvalue weighted by Crippen LogP contribution is -2.21. The first-order valence-corrected chi connectivity index (χ1v) is 8.15. The van der Waals surface area contributed by atoms with Gasteiger partial charge in [0.05, 0.1) is 0 Å². The first kappa shape index (κ1) is 16.4. The Bertz CT molecular complexity index is 511. The molecule has 1 aromatic carbocycles. The molecule has 4 heteroatoms. The molecule has 0 spiro atoms. The summed E-state index contributed by atoms with van der Waals surface area (Å²) < 4.78 is 10.6. The number of carbonyl (C=O) groups excluding carboxylic acids is 1. The van der Waals surface area contributed by atoms with Gasteiger partial charge < -0.3 is 14.8 Å². The lowest BCUT2D eigenvalue weighted by Gasteiger charge is -2.02. The predicted octanol–water partition coefficient (Wildman–Crippen LogP) is 3.91. The maximum Gasteiger partial charge on any atom is 0.243 e. The smallest absolute Gasteiger partial charge is 0.243 e. The minimum atomic E-state index is -0.0498. The van der Waals surface area contributed by atoms with Crippen LogP contribution in [0, 0.1) is 0 Å². The van der Waals surface area contributed by atoms with E-state index in [0.717, 1.165) is 30.0 Å². The Hall–Kier alpha value is -1.97.